The molecule has 2 aromatic carbocycles. The Morgan fingerprint density at radius 1 is 1.07 bits per heavy atom. The maximum Gasteiger partial charge on any atom is 0.261 e. The SMILES string of the molecule is CCNC(=O)C(C)N(Cc1ccc(Br)cc1)C(=O)COc1ccc(C(C)(C)C)cc1. The van der Waals surface area contributed by atoms with Crippen LogP contribution in [0.15, 0.2) is 53.0 Å². The second-order valence-electron chi connectivity index (χ2n) is 8.28. The van der Waals surface area contributed by atoms with Crippen LogP contribution in [0.25, 0.3) is 0 Å². The van der Waals surface area contributed by atoms with Crippen molar-refractivity contribution < 1.29 is 14.3 Å². The average molecular weight is 475 g/mol. The molecule has 2 amide bonds. The molecule has 162 valence electrons. The van der Waals surface area contributed by atoms with E-state index in [-0.39, 0.29) is 23.8 Å². The van der Waals surface area contributed by atoms with Crippen molar-refractivity contribution in [1.82, 2.24) is 10.2 Å². The molecule has 0 bridgehead atoms. The van der Waals surface area contributed by atoms with Crippen LogP contribution in [-0.2, 0) is 21.5 Å². The van der Waals surface area contributed by atoms with Crippen molar-refractivity contribution in [2.75, 3.05) is 13.2 Å². The third kappa shape index (κ3) is 6.87. The van der Waals surface area contributed by atoms with Crippen LogP contribution in [0.5, 0.6) is 5.75 Å². The molecule has 0 aliphatic carbocycles. The number of ether oxygens (including phenoxy) is 1. The van der Waals surface area contributed by atoms with Gasteiger partial charge in [-0.05, 0) is 54.7 Å². The molecule has 0 spiro atoms. The quantitative estimate of drug-likeness (QED) is 0.603. The molecular weight excluding hydrogens is 444 g/mol. The number of amides is 2. The Morgan fingerprint density at radius 3 is 2.20 bits per heavy atom. The van der Waals surface area contributed by atoms with Crippen molar-refractivity contribution >= 4 is 27.7 Å². The normalized spacial score (nSPS) is 12.2. The fraction of sp³-hybridized carbons (Fsp3) is 0.417. The number of benzene rings is 2. The summed E-state index contributed by atoms with van der Waals surface area (Å²) in [5, 5.41) is 2.79. The molecule has 0 aliphatic heterocycles. The summed E-state index contributed by atoms with van der Waals surface area (Å²) < 4.78 is 6.69. The number of nitrogens with one attached hydrogen (secondary N) is 1. The van der Waals surface area contributed by atoms with Crippen molar-refractivity contribution in [2.24, 2.45) is 0 Å². The van der Waals surface area contributed by atoms with E-state index in [2.05, 4.69) is 42.0 Å². The predicted molar refractivity (Wildman–Crippen MR) is 123 cm³/mol. The molecule has 0 saturated carbocycles. The highest BCUT2D eigenvalue weighted by molar-refractivity contribution is 9.10. The van der Waals surface area contributed by atoms with Gasteiger partial charge in [-0.3, -0.25) is 9.59 Å². The Balaban J connectivity index is 2.11. The second-order valence-corrected chi connectivity index (χ2v) is 9.20. The second kappa shape index (κ2) is 10.6. The molecule has 0 fully saturated rings. The molecule has 0 aromatic heterocycles. The molecular formula is C24H31BrN2O3. The standard InChI is InChI=1S/C24H31BrN2O3/c1-6-26-23(29)17(2)27(15-18-7-11-20(25)12-8-18)22(28)16-30-21-13-9-19(10-14-21)24(3,4)5/h7-14,17H,6,15-16H2,1-5H3,(H,26,29). The molecule has 2 rings (SSSR count). The zero-order valence-electron chi connectivity index (χ0n) is 18.4. The van der Waals surface area contributed by atoms with Crippen molar-refractivity contribution in [2.45, 2.75) is 52.6 Å². The Kier molecular flexibility index (Phi) is 8.47. The van der Waals surface area contributed by atoms with Crippen LogP contribution < -0.4 is 10.1 Å². The Bertz CT molecular complexity index is 842. The Morgan fingerprint density at radius 2 is 1.67 bits per heavy atom. The van der Waals surface area contributed by atoms with E-state index < -0.39 is 6.04 Å². The summed E-state index contributed by atoms with van der Waals surface area (Å²) >= 11 is 3.42. The van der Waals surface area contributed by atoms with E-state index in [0.717, 1.165) is 10.0 Å². The lowest BCUT2D eigenvalue weighted by Gasteiger charge is -2.28. The fourth-order valence-electron chi connectivity index (χ4n) is 2.97. The molecule has 1 unspecified atom stereocenters. The van der Waals surface area contributed by atoms with Gasteiger partial charge in [-0.1, -0.05) is 61.0 Å². The number of halogens is 1. The van der Waals surface area contributed by atoms with Crippen LogP contribution in [0.2, 0.25) is 0 Å². The van der Waals surface area contributed by atoms with Gasteiger partial charge in [-0.2, -0.15) is 0 Å². The molecule has 0 heterocycles. The van der Waals surface area contributed by atoms with Crippen LogP contribution in [0, 0.1) is 0 Å². The van der Waals surface area contributed by atoms with Gasteiger partial charge >= 0.3 is 0 Å². The summed E-state index contributed by atoms with van der Waals surface area (Å²) in [7, 11) is 0. The van der Waals surface area contributed by atoms with E-state index in [4.69, 9.17) is 4.74 Å². The number of likely N-dealkylation sites (N-methyl/N-ethyl adjacent to an activating group) is 1. The molecule has 5 nitrogen and oxygen atoms in total. The van der Waals surface area contributed by atoms with E-state index >= 15 is 0 Å². The molecule has 1 N–H and O–H groups in total. The Hall–Kier alpha value is -2.34. The van der Waals surface area contributed by atoms with E-state index in [1.54, 1.807) is 11.8 Å². The predicted octanol–water partition coefficient (Wildman–Crippen LogP) is 4.68. The van der Waals surface area contributed by atoms with Gasteiger partial charge in [-0.25, -0.2) is 0 Å². The highest BCUT2D eigenvalue weighted by Crippen LogP contribution is 2.24. The van der Waals surface area contributed by atoms with Gasteiger partial charge in [0.1, 0.15) is 11.8 Å². The lowest BCUT2D eigenvalue weighted by atomic mass is 9.87. The van der Waals surface area contributed by atoms with Crippen molar-refractivity contribution in [3.8, 4) is 5.75 Å². The fourth-order valence-corrected chi connectivity index (χ4v) is 3.23. The smallest absolute Gasteiger partial charge is 0.261 e. The lowest BCUT2D eigenvalue weighted by Crippen LogP contribution is -2.49. The van der Waals surface area contributed by atoms with Crippen molar-refractivity contribution in [3.63, 3.8) is 0 Å². The number of rotatable bonds is 8. The number of carbonyl (C=O) groups is 2. The molecule has 0 radical (unpaired) electrons. The topological polar surface area (TPSA) is 58.6 Å². The molecule has 1 atom stereocenters. The molecule has 0 saturated heterocycles. The van der Waals surface area contributed by atoms with Gasteiger partial charge in [0.15, 0.2) is 6.61 Å². The van der Waals surface area contributed by atoms with E-state index in [9.17, 15) is 9.59 Å². The van der Waals surface area contributed by atoms with Crippen molar-refractivity contribution in [1.29, 1.82) is 0 Å². The van der Waals surface area contributed by atoms with Crippen LogP contribution in [0.1, 0.15) is 45.7 Å². The van der Waals surface area contributed by atoms with Gasteiger partial charge in [0.25, 0.3) is 5.91 Å². The molecule has 0 aliphatic rings. The van der Waals surface area contributed by atoms with Gasteiger partial charge < -0.3 is 15.0 Å². The van der Waals surface area contributed by atoms with Gasteiger partial charge in [0.2, 0.25) is 5.91 Å². The number of nitrogens with zero attached hydrogens (tertiary/aromatic N) is 1. The zero-order chi connectivity index (χ0) is 22.3. The minimum Gasteiger partial charge on any atom is -0.484 e. The summed E-state index contributed by atoms with van der Waals surface area (Å²) in [6.45, 7) is 10.8. The summed E-state index contributed by atoms with van der Waals surface area (Å²) in [5.74, 6) is 0.208. The van der Waals surface area contributed by atoms with E-state index in [0.29, 0.717) is 18.8 Å². The summed E-state index contributed by atoms with van der Waals surface area (Å²) in [6, 6.07) is 14.9. The van der Waals surface area contributed by atoms with E-state index in [1.165, 1.54) is 5.56 Å². The largest absolute Gasteiger partial charge is 0.484 e. The first kappa shape index (κ1) is 23.9. The van der Waals surface area contributed by atoms with Gasteiger partial charge in [0.05, 0.1) is 0 Å². The summed E-state index contributed by atoms with van der Waals surface area (Å²) in [6.07, 6.45) is 0. The molecule has 6 heteroatoms. The summed E-state index contributed by atoms with van der Waals surface area (Å²) in [4.78, 5) is 26.9. The third-order valence-corrected chi connectivity index (χ3v) is 5.40. The maximum absolute atomic E-state index is 13.0. The average Bonchev–Trinajstić information content (AvgIpc) is 2.71. The van der Waals surface area contributed by atoms with Crippen LogP contribution in [-0.4, -0.2) is 35.9 Å². The monoisotopic (exact) mass is 474 g/mol. The minimum absolute atomic E-state index is 0.0535. The number of hydrogen-bond acceptors (Lipinski definition) is 3. The van der Waals surface area contributed by atoms with Crippen molar-refractivity contribution in [3.05, 3.63) is 64.1 Å². The third-order valence-electron chi connectivity index (χ3n) is 4.87. The Labute approximate surface area is 187 Å². The molecule has 2 aromatic rings. The highest BCUT2D eigenvalue weighted by atomic mass is 79.9. The van der Waals surface area contributed by atoms with Crippen LogP contribution in [0.4, 0.5) is 0 Å². The first-order chi connectivity index (χ1) is 14.1. The number of carbonyl (C=O) groups excluding carboxylic acids is 2. The van der Waals surface area contributed by atoms with Crippen LogP contribution >= 0.6 is 15.9 Å². The first-order valence-electron chi connectivity index (χ1n) is 10.2. The van der Waals surface area contributed by atoms with Gasteiger partial charge in [-0.15, -0.1) is 0 Å². The minimum atomic E-state index is -0.604. The zero-order valence-corrected chi connectivity index (χ0v) is 20.0. The number of hydrogen-bond donors (Lipinski definition) is 1. The van der Waals surface area contributed by atoms with E-state index in [1.807, 2.05) is 55.5 Å². The highest BCUT2D eigenvalue weighted by Gasteiger charge is 2.26. The first-order valence-corrected chi connectivity index (χ1v) is 11.0. The van der Waals surface area contributed by atoms with Gasteiger partial charge in [0, 0.05) is 17.6 Å². The summed E-state index contributed by atoms with van der Waals surface area (Å²) in [5.41, 5.74) is 2.19. The maximum atomic E-state index is 13.0. The lowest BCUT2D eigenvalue weighted by molar-refractivity contribution is -0.142. The molecule has 30 heavy (non-hydrogen) atoms. The van der Waals surface area contributed by atoms with Crippen LogP contribution in [0.3, 0.4) is 0 Å².